The lowest BCUT2D eigenvalue weighted by Crippen LogP contribution is -2.52. The second kappa shape index (κ2) is 12.8. The maximum Gasteiger partial charge on any atom is 0.407 e. The Balaban J connectivity index is 1.54. The third-order valence-corrected chi connectivity index (χ3v) is 7.48. The maximum absolute atomic E-state index is 13.7. The summed E-state index contributed by atoms with van der Waals surface area (Å²) in [5.41, 5.74) is 3.38. The van der Waals surface area contributed by atoms with E-state index < -0.39 is 36.2 Å². The van der Waals surface area contributed by atoms with E-state index in [-0.39, 0.29) is 19.6 Å². The number of fused-ring (bicyclic) bond motifs is 3. The van der Waals surface area contributed by atoms with Gasteiger partial charge in [-0.2, -0.15) is 0 Å². The molecular weight excluding hydrogens is 522 g/mol. The van der Waals surface area contributed by atoms with E-state index in [1.54, 1.807) is 0 Å². The molecule has 0 radical (unpaired) electrons. The van der Waals surface area contributed by atoms with Gasteiger partial charge in [0, 0.05) is 23.4 Å². The van der Waals surface area contributed by atoms with Gasteiger partial charge in [-0.05, 0) is 37.0 Å². The molecule has 1 aromatic heterocycles. The minimum atomic E-state index is -1.11. The van der Waals surface area contributed by atoms with Crippen molar-refractivity contribution in [3.63, 3.8) is 0 Å². The number of rotatable bonds is 5. The van der Waals surface area contributed by atoms with Crippen LogP contribution in [-0.2, 0) is 14.3 Å². The Morgan fingerprint density at radius 1 is 1.15 bits per heavy atom. The first-order valence-corrected chi connectivity index (χ1v) is 14.2. The molecule has 9 nitrogen and oxygen atoms in total. The lowest BCUT2D eigenvalue weighted by atomic mass is 10.1. The van der Waals surface area contributed by atoms with Gasteiger partial charge in [0.05, 0.1) is 24.4 Å². The number of cyclic esters (lactones) is 1. The highest BCUT2D eigenvalue weighted by Crippen LogP contribution is 2.34. The molecule has 2 N–H and O–H groups in total. The number of nitrogens with one attached hydrogen (secondary N) is 1. The number of carbonyl (C=O) groups is 3. The van der Waals surface area contributed by atoms with Gasteiger partial charge in [-0.3, -0.25) is 4.79 Å². The zero-order chi connectivity index (χ0) is 28.8. The average molecular weight is 558 g/mol. The number of unbranched alkanes of at least 4 members (excludes halogenated alkanes) is 1. The van der Waals surface area contributed by atoms with E-state index in [9.17, 15) is 19.5 Å². The van der Waals surface area contributed by atoms with Crippen molar-refractivity contribution in [2.45, 2.75) is 63.6 Å². The summed E-state index contributed by atoms with van der Waals surface area (Å²) >= 11 is 0. The molecule has 9 heteroatoms. The number of nitrogens with zero attached hydrogens (tertiary/aromatic N) is 2. The first-order chi connectivity index (χ1) is 19.9. The fourth-order valence-electron chi connectivity index (χ4n) is 5.35. The summed E-state index contributed by atoms with van der Waals surface area (Å²) in [5, 5.41) is 13.5. The van der Waals surface area contributed by atoms with E-state index in [2.05, 4.69) is 5.32 Å². The van der Waals surface area contributed by atoms with Crippen LogP contribution in [-0.4, -0.2) is 64.3 Å². The van der Waals surface area contributed by atoms with Gasteiger partial charge in [0.1, 0.15) is 23.9 Å². The maximum atomic E-state index is 13.7. The molecule has 2 aliphatic rings. The van der Waals surface area contributed by atoms with Crippen molar-refractivity contribution in [1.82, 2.24) is 15.2 Å². The number of alkyl carbamates (subject to hydrolysis) is 1. The minimum absolute atomic E-state index is 0.0826. The van der Waals surface area contributed by atoms with Crippen LogP contribution >= 0.6 is 0 Å². The van der Waals surface area contributed by atoms with E-state index in [4.69, 9.17) is 14.5 Å². The summed E-state index contributed by atoms with van der Waals surface area (Å²) in [7, 11) is 0. The van der Waals surface area contributed by atoms with Gasteiger partial charge < -0.3 is 24.8 Å². The summed E-state index contributed by atoms with van der Waals surface area (Å²) in [6.45, 7) is 2.28. The lowest BCUT2D eigenvalue weighted by molar-refractivity contribution is -0.149. The molecule has 0 unspecified atom stereocenters. The van der Waals surface area contributed by atoms with E-state index in [1.807, 2.05) is 73.7 Å². The standard InChI is InChI=1S/C32H35N3O6/c1-2-3-13-26-30(36)35-20-23(18-28(35)31(37)38)41-29-19-27(22-11-7-4-8-12-22)33-25-15-14-21(17-24(25)29)10-6-5-9-16-40-32(39)34-26/h4,6-8,10-12,14-15,17,19,23,26,28H,2-3,5,9,13,16,18,20H2,1H3,(H,34,39)(H,37,38)/t23-,26-,28-/m0/s1. The summed E-state index contributed by atoms with van der Waals surface area (Å²) in [5.74, 6) is -0.966. The summed E-state index contributed by atoms with van der Waals surface area (Å²) in [6, 6.07) is 15.7. The van der Waals surface area contributed by atoms with E-state index >= 15 is 0 Å². The van der Waals surface area contributed by atoms with Gasteiger partial charge in [0.15, 0.2) is 0 Å². The number of benzene rings is 2. The number of allylic oxidation sites excluding steroid dienone is 1. The zero-order valence-corrected chi connectivity index (χ0v) is 23.1. The number of carbonyl (C=O) groups excluding carboxylic acids is 2. The molecule has 4 bridgehead atoms. The SMILES string of the molecule is CCCC[C@@H]1NC(=O)OCCCC=Cc2ccc3nc(-c4ccccc4)cc(c3c2)O[C@H]2C[C@@H](C(=O)O)N(C2)C1=O. The van der Waals surface area contributed by atoms with Crippen LogP contribution in [0.1, 0.15) is 51.0 Å². The van der Waals surface area contributed by atoms with Crippen LogP contribution in [0.4, 0.5) is 4.79 Å². The van der Waals surface area contributed by atoms with Crippen LogP contribution in [0, 0.1) is 0 Å². The number of aliphatic carboxylic acids is 1. The van der Waals surface area contributed by atoms with Crippen molar-refractivity contribution in [1.29, 1.82) is 0 Å². The van der Waals surface area contributed by atoms with Gasteiger partial charge in [0.2, 0.25) is 5.91 Å². The molecule has 0 aliphatic carbocycles. The molecule has 1 saturated heterocycles. The molecule has 1 fully saturated rings. The molecule has 3 heterocycles. The fraction of sp³-hybridized carbons (Fsp3) is 0.375. The van der Waals surface area contributed by atoms with Gasteiger partial charge in [-0.1, -0.05) is 68.3 Å². The first kappa shape index (κ1) is 28.1. The van der Waals surface area contributed by atoms with Gasteiger partial charge in [-0.25, -0.2) is 14.6 Å². The molecule has 2 amide bonds. The molecule has 3 atom stereocenters. The molecule has 2 aliphatic heterocycles. The molecular formula is C32H35N3O6. The predicted octanol–water partition coefficient (Wildman–Crippen LogP) is 5.43. The summed E-state index contributed by atoms with van der Waals surface area (Å²) in [4.78, 5) is 44.7. The molecule has 3 aromatic rings. The number of hydrogen-bond acceptors (Lipinski definition) is 6. The number of pyridine rings is 1. The van der Waals surface area contributed by atoms with E-state index in [0.717, 1.165) is 34.1 Å². The number of carboxylic acids is 1. The Hall–Kier alpha value is -4.40. The number of ether oxygens (including phenoxy) is 2. The Morgan fingerprint density at radius 3 is 2.76 bits per heavy atom. The predicted molar refractivity (Wildman–Crippen MR) is 155 cm³/mol. The normalized spacial score (nSPS) is 21.6. The summed E-state index contributed by atoms with van der Waals surface area (Å²) < 4.78 is 11.8. The minimum Gasteiger partial charge on any atom is -0.488 e. The highest BCUT2D eigenvalue weighted by molar-refractivity contribution is 5.91. The van der Waals surface area contributed by atoms with Crippen molar-refractivity contribution in [2.75, 3.05) is 13.2 Å². The van der Waals surface area contributed by atoms with Crippen molar-refractivity contribution in [3.05, 3.63) is 66.2 Å². The fourth-order valence-corrected chi connectivity index (χ4v) is 5.35. The zero-order valence-electron chi connectivity index (χ0n) is 23.1. The van der Waals surface area contributed by atoms with Crippen molar-refractivity contribution >= 4 is 34.9 Å². The van der Waals surface area contributed by atoms with Crippen LogP contribution in [0.2, 0.25) is 0 Å². The van der Waals surface area contributed by atoms with Gasteiger partial charge in [0.25, 0.3) is 0 Å². The van der Waals surface area contributed by atoms with E-state index in [0.29, 0.717) is 31.4 Å². The third kappa shape index (κ3) is 6.67. The second-order valence-electron chi connectivity index (χ2n) is 10.5. The topological polar surface area (TPSA) is 118 Å². The van der Waals surface area contributed by atoms with Gasteiger partial charge >= 0.3 is 12.1 Å². The molecule has 2 aromatic carbocycles. The highest BCUT2D eigenvalue weighted by atomic mass is 16.5. The Kier molecular flexibility index (Phi) is 8.82. The molecule has 41 heavy (non-hydrogen) atoms. The number of hydrogen-bond donors (Lipinski definition) is 2. The average Bonchev–Trinajstić information content (AvgIpc) is 3.41. The van der Waals surface area contributed by atoms with Crippen LogP contribution in [0.15, 0.2) is 60.7 Å². The Bertz CT molecular complexity index is 1440. The van der Waals surface area contributed by atoms with Crippen LogP contribution in [0.5, 0.6) is 5.75 Å². The van der Waals surface area contributed by atoms with Crippen LogP contribution < -0.4 is 10.1 Å². The first-order valence-electron chi connectivity index (χ1n) is 14.2. The van der Waals surface area contributed by atoms with E-state index in [1.165, 1.54) is 4.90 Å². The molecule has 0 spiro atoms. The highest BCUT2D eigenvalue weighted by Gasteiger charge is 2.43. The van der Waals surface area contributed by atoms with Crippen molar-refractivity contribution in [3.8, 4) is 17.0 Å². The van der Waals surface area contributed by atoms with Gasteiger partial charge in [-0.15, -0.1) is 0 Å². The largest absolute Gasteiger partial charge is 0.488 e. The second-order valence-corrected chi connectivity index (χ2v) is 10.5. The quantitative estimate of drug-likeness (QED) is 0.430. The van der Waals surface area contributed by atoms with Crippen molar-refractivity contribution in [2.24, 2.45) is 0 Å². The van der Waals surface area contributed by atoms with Crippen molar-refractivity contribution < 1.29 is 29.0 Å². The lowest BCUT2D eigenvalue weighted by Gasteiger charge is -2.27. The number of carboxylic acid groups (broad SMARTS) is 1. The Morgan fingerprint density at radius 2 is 1.98 bits per heavy atom. The number of aromatic nitrogens is 1. The molecule has 214 valence electrons. The Labute approximate surface area is 239 Å². The molecule has 5 rings (SSSR count). The molecule has 0 saturated carbocycles. The van der Waals surface area contributed by atoms with Crippen LogP contribution in [0.3, 0.4) is 0 Å². The van der Waals surface area contributed by atoms with Crippen LogP contribution in [0.25, 0.3) is 28.2 Å². The third-order valence-electron chi connectivity index (χ3n) is 7.48. The number of amides is 2. The monoisotopic (exact) mass is 557 g/mol. The smallest absolute Gasteiger partial charge is 0.407 e. The summed E-state index contributed by atoms with van der Waals surface area (Å²) in [6.07, 6.45) is 6.14.